The van der Waals surface area contributed by atoms with E-state index < -0.39 is 20.7 Å². The van der Waals surface area contributed by atoms with E-state index in [1.165, 1.54) is 6.08 Å². The van der Waals surface area contributed by atoms with Gasteiger partial charge in [-0.15, -0.1) is 0 Å². The van der Waals surface area contributed by atoms with Crippen LogP contribution in [0.5, 0.6) is 0 Å². The number of carbonyl (C=O) groups is 1. The monoisotopic (exact) mass is 270 g/mol. The third-order valence-corrected chi connectivity index (χ3v) is 4.09. The van der Waals surface area contributed by atoms with Crippen molar-refractivity contribution in [3.8, 4) is 0 Å². The van der Waals surface area contributed by atoms with Crippen LogP contribution in [0.2, 0.25) is 5.02 Å². The number of hydrogen-bond acceptors (Lipinski definition) is 3. The Bertz CT molecular complexity index is 656. The summed E-state index contributed by atoms with van der Waals surface area (Å²) in [5.74, 6) is -1.48. The van der Waals surface area contributed by atoms with Crippen molar-refractivity contribution in [2.75, 3.05) is 0 Å². The molecule has 0 fully saturated rings. The zero-order chi connectivity index (χ0) is 12.6. The second-order valence-electron chi connectivity index (χ2n) is 3.38. The molecule has 0 radical (unpaired) electrons. The van der Waals surface area contributed by atoms with Gasteiger partial charge in [-0.2, -0.15) is 0 Å². The predicted molar refractivity (Wildman–Crippen MR) is 64.1 cm³/mol. The van der Waals surface area contributed by atoms with E-state index in [2.05, 4.69) is 0 Å². The van der Waals surface area contributed by atoms with Gasteiger partial charge in [-0.25, -0.2) is 13.2 Å². The summed E-state index contributed by atoms with van der Waals surface area (Å²) in [6.07, 6.45) is 1.25. The van der Waals surface area contributed by atoms with Crippen LogP contribution in [-0.4, -0.2) is 19.5 Å². The van der Waals surface area contributed by atoms with Crippen molar-refractivity contribution in [1.29, 1.82) is 0 Å². The first-order valence-electron chi connectivity index (χ1n) is 4.59. The Hall–Kier alpha value is -1.59. The molecular weight excluding hydrogens is 264 g/mol. The number of aliphatic carboxylic acids is 1. The van der Waals surface area contributed by atoms with Gasteiger partial charge >= 0.3 is 5.97 Å². The normalized spacial score (nSPS) is 17.5. The molecule has 17 heavy (non-hydrogen) atoms. The number of halogens is 1. The van der Waals surface area contributed by atoms with Gasteiger partial charge in [0.05, 0.1) is 0 Å². The molecule has 0 unspecified atom stereocenters. The van der Waals surface area contributed by atoms with Crippen molar-refractivity contribution in [1.82, 2.24) is 0 Å². The van der Waals surface area contributed by atoms with Gasteiger partial charge in [0.25, 0.3) is 0 Å². The number of carboxylic acids is 1. The summed E-state index contributed by atoms with van der Waals surface area (Å²) in [4.78, 5) is 10.4. The molecule has 2 rings (SSSR count). The van der Waals surface area contributed by atoms with Crippen LogP contribution in [0.25, 0.3) is 5.57 Å². The fraction of sp³-hybridized carbons (Fsp3) is 0. The Morgan fingerprint density at radius 3 is 2.47 bits per heavy atom. The molecule has 1 aromatic carbocycles. The van der Waals surface area contributed by atoms with Gasteiger partial charge < -0.3 is 5.11 Å². The molecule has 1 aliphatic heterocycles. The highest BCUT2D eigenvalue weighted by Crippen LogP contribution is 2.34. The number of hydrogen-bond donors (Lipinski definition) is 1. The van der Waals surface area contributed by atoms with Gasteiger partial charge in [0, 0.05) is 21.6 Å². The lowest BCUT2D eigenvalue weighted by molar-refractivity contribution is -0.131. The minimum Gasteiger partial charge on any atom is -0.477 e. The molecule has 1 N–H and O–H groups in total. The summed E-state index contributed by atoms with van der Waals surface area (Å²) < 4.78 is 23.1. The summed E-state index contributed by atoms with van der Waals surface area (Å²) in [7, 11) is -3.86. The summed E-state index contributed by atoms with van der Waals surface area (Å²) in [6.45, 7) is 0. The third-order valence-electron chi connectivity index (χ3n) is 2.30. The SMILES string of the molecule is O=C(O)C1=C(c2ccccc2Cl)C=CS1(=O)=O. The van der Waals surface area contributed by atoms with E-state index in [0.29, 0.717) is 10.6 Å². The van der Waals surface area contributed by atoms with Crippen LogP contribution < -0.4 is 0 Å². The van der Waals surface area contributed by atoms with Gasteiger partial charge in [-0.1, -0.05) is 29.8 Å². The first-order valence-corrected chi connectivity index (χ1v) is 6.51. The van der Waals surface area contributed by atoms with Crippen molar-refractivity contribution in [2.45, 2.75) is 0 Å². The second-order valence-corrected chi connectivity index (χ2v) is 5.55. The molecule has 0 aromatic heterocycles. The minimum atomic E-state index is -3.86. The molecule has 0 atom stereocenters. The Kier molecular flexibility index (Phi) is 2.81. The van der Waals surface area contributed by atoms with Crippen LogP contribution in [-0.2, 0) is 14.6 Å². The van der Waals surface area contributed by atoms with E-state index >= 15 is 0 Å². The van der Waals surface area contributed by atoms with Gasteiger partial charge in [-0.05, 0) is 12.1 Å². The standard InChI is InChI=1S/C11H7ClO4S/c12-9-4-2-1-3-7(9)8-5-6-17(15,16)10(8)11(13)14/h1-6H,(H,13,14). The van der Waals surface area contributed by atoms with Crippen LogP contribution in [0.4, 0.5) is 0 Å². The highest BCUT2D eigenvalue weighted by Gasteiger charge is 2.31. The Morgan fingerprint density at radius 1 is 1.24 bits per heavy atom. The number of rotatable bonds is 2. The molecule has 0 spiro atoms. The van der Waals surface area contributed by atoms with Crippen LogP contribution in [0, 0.1) is 0 Å². The molecule has 0 amide bonds. The summed E-state index contributed by atoms with van der Waals surface area (Å²) in [5, 5.41) is 10.1. The van der Waals surface area contributed by atoms with Crippen molar-refractivity contribution in [2.24, 2.45) is 0 Å². The van der Waals surface area contributed by atoms with Gasteiger partial charge in [0.2, 0.25) is 9.84 Å². The van der Waals surface area contributed by atoms with Crippen molar-refractivity contribution >= 4 is 33.0 Å². The molecule has 1 aliphatic rings. The highest BCUT2D eigenvalue weighted by atomic mass is 35.5. The molecule has 1 aromatic rings. The quantitative estimate of drug-likeness (QED) is 0.893. The van der Waals surface area contributed by atoms with E-state index in [-0.39, 0.29) is 5.57 Å². The van der Waals surface area contributed by atoms with E-state index in [4.69, 9.17) is 16.7 Å². The Morgan fingerprint density at radius 2 is 1.88 bits per heavy atom. The number of sulfone groups is 1. The fourth-order valence-electron chi connectivity index (χ4n) is 1.58. The third kappa shape index (κ3) is 1.99. The molecule has 0 saturated carbocycles. The van der Waals surface area contributed by atoms with Crippen molar-refractivity contribution in [3.05, 3.63) is 51.2 Å². The van der Waals surface area contributed by atoms with Crippen molar-refractivity contribution in [3.63, 3.8) is 0 Å². The largest absolute Gasteiger partial charge is 0.477 e. The molecule has 0 aliphatic carbocycles. The molecule has 4 nitrogen and oxygen atoms in total. The average Bonchev–Trinajstić information content (AvgIpc) is 2.54. The number of allylic oxidation sites excluding steroid dienone is 2. The molecule has 6 heteroatoms. The lowest BCUT2D eigenvalue weighted by Gasteiger charge is -2.04. The average molecular weight is 271 g/mol. The molecule has 0 saturated heterocycles. The number of carboxylic acid groups (broad SMARTS) is 1. The van der Waals surface area contributed by atoms with Crippen molar-refractivity contribution < 1.29 is 18.3 Å². The lowest BCUT2D eigenvalue weighted by Crippen LogP contribution is -2.09. The number of benzene rings is 1. The van der Waals surface area contributed by atoms with E-state index in [9.17, 15) is 13.2 Å². The zero-order valence-corrected chi connectivity index (χ0v) is 9.99. The first-order chi connectivity index (χ1) is 7.93. The summed E-state index contributed by atoms with van der Waals surface area (Å²) in [5.41, 5.74) is 0.506. The highest BCUT2D eigenvalue weighted by molar-refractivity contribution is 7.99. The predicted octanol–water partition coefficient (Wildman–Crippen LogP) is 2.08. The summed E-state index contributed by atoms with van der Waals surface area (Å²) >= 11 is 5.91. The van der Waals surface area contributed by atoms with Gasteiger partial charge in [-0.3, -0.25) is 0 Å². The summed E-state index contributed by atoms with van der Waals surface area (Å²) in [6, 6.07) is 6.49. The molecule has 88 valence electrons. The topological polar surface area (TPSA) is 71.4 Å². The van der Waals surface area contributed by atoms with Crippen LogP contribution in [0.1, 0.15) is 5.56 Å². The minimum absolute atomic E-state index is 0.114. The van der Waals surface area contributed by atoms with Crippen LogP contribution in [0.15, 0.2) is 40.7 Å². The Balaban J connectivity index is 2.75. The smallest absolute Gasteiger partial charge is 0.348 e. The molecule has 0 bridgehead atoms. The van der Waals surface area contributed by atoms with E-state index in [1.54, 1.807) is 24.3 Å². The Labute approximate surface area is 103 Å². The lowest BCUT2D eigenvalue weighted by atomic mass is 10.1. The molecular formula is C11H7ClO4S. The van der Waals surface area contributed by atoms with Crippen LogP contribution >= 0.6 is 11.6 Å². The maximum absolute atomic E-state index is 11.5. The second kappa shape index (κ2) is 4.01. The van der Waals surface area contributed by atoms with Gasteiger partial charge in [0.15, 0.2) is 4.91 Å². The maximum atomic E-state index is 11.5. The first kappa shape index (κ1) is 11.9. The maximum Gasteiger partial charge on any atom is 0.348 e. The zero-order valence-electron chi connectivity index (χ0n) is 8.42. The fourth-order valence-corrected chi connectivity index (χ4v) is 3.00. The van der Waals surface area contributed by atoms with E-state index in [0.717, 1.165) is 5.41 Å². The molecule has 1 heterocycles. The van der Waals surface area contributed by atoms with Crippen LogP contribution in [0.3, 0.4) is 0 Å². The van der Waals surface area contributed by atoms with Gasteiger partial charge in [0.1, 0.15) is 0 Å². The van der Waals surface area contributed by atoms with E-state index in [1.807, 2.05) is 0 Å².